The van der Waals surface area contributed by atoms with Crippen LogP contribution >= 0.6 is 0 Å². The standard InChI is InChI=1S/C64H48N2/c1-63(2)59-30-15-12-29-57(59)58-44-54(41-42-60(58)63)66(49-23-10-5-11-24-49)53-26-18-25-52(43-53)65(50-37-33-46(34-38-50)45-19-6-3-7-20-45)51-39-35-48(36-40-51)64(47-21-8-4-9-22-47)61-31-16-13-27-55(61)56-28-14-17-32-62(56)64/h3-44H,1-2H3. The van der Waals surface area contributed by atoms with Crippen molar-refractivity contribution in [2.75, 3.05) is 9.80 Å². The molecule has 0 aromatic heterocycles. The van der Waals surface area contributed by atoms with E-state index in [1.807, 2.05) is 0 Å². The SMILES string of the molecule is CC1(C)c2ccccc2-c2cc(N(c3ccccc3)c3cccc(N(c4ccc(-c5ccccc5)cc4)c4ccc(C5(c6ccccc6)c6ccccc6-c6ccccc65)cc4)c3)ccc21. The summed E-state index contributed by atoms with van der Waals surface area (Å²) in [6.07, 6.45) is 0. The van der Waals surface area contributed by atoms with Crippen molar-refractivity contribution in [1.29, 1.82) is 0 Å². The van der Waals surface area contributed by atoms with Crippen LogP contribution in [0.5, 0.6) is 0 Å². The molecule has 0 spiro atoms. The van der Waals surface area contributed by atoms with Crippen LogP contribution < -0.4 is 9.80 Å². The van der Waals surface area contributed by atoms with Gasteiger partial charge in [-0.3, -0.25) is 0 Å². The predicted molar refractivity (Wildman–Crippen MR) is 276 cm³/mol. The highest BCUT2D eigenvalue weighted by Crippen LogP contribution is 2.56. The number of para-hydroxylation sites is 1. The van der Waals surface area contributed by atoms with Crippen LogP contribution in [0.25, 0.3) is 33.4 Å². The molecule has 2 aliphatic rings. The number of nitrogens with zero attached hydrogens (tertiary/aromatic N) is 2. The zero-order valence-corrected chi connectivity index (χ0v) is 37.1. The third-order valence-electron chi connectivity index (χ3n) is 14.1. The zero-order chi connectivity index (χ0) is 44.2. The Morgan fingerprint density at radius 2 is 0.636 bits per heavy atom. The molecule has 12 rings (SSSR count). The van der Waals surface area contributed by atoms with E-state index in [9.17, 15) is 0 Å². The summed E-state index contributed by atoms with van der Waals surface area (Å²) >= 11 is 0. The highest BCUT2D eigenvalue weighted by Gasteiger charge is 2.46. The molecule has 0 aliphatic heterocycles. The van der Waals surface area contributed by atoms with Gasteiger partial charge in [-0.1, -0.05) is 202 Å². The van der Waals surface area contributed by atoms with Crippen molar-refractivity contribution in [2.24, 2.45) is 0 Å². The second-order valence-corrected chi connectivity index (χ2v) is 18.1. The third kappa shape index (κ3) is 6.25. The molecule has 0 heterocycles. The van der Waals surface area contributed by atoms with E-state index in [0.717, 1.165) is 34.1 Å². The molecule has 0 fully saturated rings. The smallest absolute Gasteiger partial charge is 0.0713 e. The van der Waals surface area contributed by atoms with Crippen LogP contribution in [-0.4, -0.2) is 0 Å². The summed E-state index contributed by atoms with van der Waals surface area (Å²) in [5, 5.41) is 0. The molecule has 0 unspecified atom stereocenters. The van der Waals surface area contributed by atoms with Crippen LogP contribution in [0.4, 0.5) is 34.1 Å². The summed E-state index contributed by atoms with van der Waals surface area (Å²) in [4.78, 5) is 4.80. The lowest BCUT2D eigenvalue weighted by atomic mass is 9.68. The molecular formula is C64H48N2. The van der Waals surface area contributed by atoms with Gasteiger partial charge in [0.15, 0.2) is 0 Å². The van der Waals surface area contributed by atoms with E-state index >= 15 is 0 Å². The maximum absolute atomic E-state index is 2.40. The molecule has 0 radical (unpaired) electrons. The first-order valence-electron chi connectivity index (χ1n) is 23.0. The average molecular weight is 845 g/mol. The van der Waals surface area contributed by atoms with Gasteiger partial charge in [-0.15, -0.1) is 0 Å². The second-order valence-electron chi connectivity index (χ2n) is 18.1. The maximum Gasteiger partial charge on any atom is 0.0713 e. The third-order valence-corrected chi connectivity index (χ3v) is 14.1. The number of rotatable bonds is 9. The highest BCUT2D eigenvalue weighted by molar-refractivity contribution is 5.90. The number of fused-ring (bicyclic) bond motifs is 6. The summed E-state index contributed by atoms with van der Waals surface area (Å²) in [6.45, 7) is 4.69. The average Bonchev–Trinajstić information content (AvgIpc) is 3.81. The van der Waals surface area contributed by atoms with E-state index in [1.54, 1.807) is 0 Å². The molecule has 0 saturated heterocycles. The van der Waals surface area contributed by atoms with Gasteiger partial charge in [-0.25, -0.2) is 0 Å². The first-order chi connectivity index (χ1) is 32.5. The molecule has 0 atom stereocenters. The Bertz CT molecular complexity index is 3330. The van der Waals surface area contributed by atoms with Gasteiger partial charge in [0.25, 0.3) is 0 Å². The van der Waals surface area contributed by atoms with E-state index in [0.29, 0.717) is 0 Å². The van der Waals surface area contributed by atoms with Crippen LogP contribution in [0.3, 0.4) is 0 Å². The predicted octanol–water partition coefficient (Wildman–Crippen LogP) is 17.0. The Hall–Kier alpha value is -8.20. The normalized spacial score (nSPS) is 13.5. The van der Waals surface area contributed by atoms with Crippen LogP contribution in [0, 0.1) is 0 Å². The summed E-state index contributed by atoms with van der Waals surface area (Å²) in [6, 6.07) is 93.6. The number of hydrogen-bond donors (Lipinski definition) is 0. The molecule has 0 amide bonds. The minimum absolute atomic E-state index is 0.0701. The number of hydrogen-bond acceptors (Lipinski definition) is 2. The monoisotopic (exact) mass is 844 g/mol. The molecule has 66 heavy (non-hydrogen) atoms. The molecular weight excluding hydrogens is 797 g/mol. The fourth-order valence-corrected chi connectivity index (χ4v) is 11.1. The quantitative estimate of drug-likeness (QED) is 0.143. The topological polar surface area (TPSA) is 6.48 Å². The van der Waals surface area contributed by atoms with E-state index in [2.05, 4.69) is 278 Å². The molecule has 10 aromatic carbocycles. The Morgan fingerprint density at radius 1 is 0.258 bits per heavy atom. The second kappa shape index (κ2) is 15.8. The van der Waals surface area contributed by atoms with Crippen molar-refractivity contribution >= 4 is 34.1 Å². The summed E-state index contributed by atoms with van der Waals surface area (Å²) in [5.74, 6) is 0. The van der Waals surface area contributed by atoms with Crippen LogP contribution in [0.15, 0.2) is 255 Å². The Labute approximate surface area is 388 Å². The van der Waals surface area contributed by atoms with E-state index < -0.39 is 5.41 Å². The van der Waals surface area contributed by atoms with Gasteiger partial charge in [0.1, 0.15) is 0 Å². The fourth-order valence-electron chi connectivity index (χ4n) is 11.1. The molecule has 0 bridgehead atoms. The van der Waals surface area contributed by atoms with Gasteiger partial charge in [0.05, 0.1) is 5.41 Å². The first-order valence-corrected chi connectivity index (χ1v) is 23.0. The lowest BCUT2D eigenvalue weighted by Crippen LogP contribution is -2.28. The minimum Gasteiger partial charge on any atom is -0.310 e. The number of anilines is 6. The van der Waals surface area contributed by atoms with Gasteiger partial charge in [0.2, 0.25) is 0 Å². The van der Waals surface area contributed by atoms with Crippen molar-refractivity contribution in [3.63, 3.8) is 0 Å². The number of benzene rings is 10. The molecule has 0 saturated carbocycles. The Morgan fingerprint density at radius 3 is 1.24 bits per heavy atom. The van der Waals surface area contributed by atoms with Crippen molar-refractivity contribution in [2.45, 2.75) is 24.7 Å². The molecule has 10 aromatic rings. The van der Waals surface area contributed by atoms with Gasteiger partial charge in [0, 0.05) is 39.5 Å². The van der Waals surface area contributed by atoms with Crippen LogP contribution in [-0.2, 0) is 10.8 Å². The molecule has 2 heteroatoms. The summed E-state index contributed by atoms with van der Waals surface area (Å²) in [5.41, 5.74) is 21.4. The van der Waals surface area contributed by atoms with Crippen LogP contribution in [0.2, 0.25) is 0 Å². The van der Waals surface area contributed by atoms with E-state index in [-0.39, 0.29) is 5.41 Å². The maximum atomic E-state index is 2.40. The van der Waals surface area contributed by atoms with E-state index in [1.165, 1.54) is 66.8 Å². The Kier molecular flexibility index (Phi) is 9.43. The van der Waals surface area contributed by atoms with Gasteiger partial charge in [-0.05, 0) is 133 Å². The van der Waals surface area contributed by atoms with Crippen molar-refractivity contribution in [1.82, 2.24) is 0 Å². The summed E-state index contributed by atoms with van der Waals surface area (Å²) in [7, 11) is 0. The van der Waals surface area contributed by atoms with Crippen LogP contribution in [0.1, 0.15) is 47.2 Å². The lowest BCUT2D eigenvalue weighted by Gasteiger charge is -2.34. The Balaban J connectivity index is 1.01. The molecule has 314 valence electrons. The van der Waals surface area contributed by atoms with Crippen molar-refractivity contribution in [3.05, 3.63) is 288 Å². The summed E-state index contributed by atoms with van der Waals surface area (Å²) < 4.78 is 0. The van der Waals surface area contributed by atoms with Crippen molar-refractivity contribution < 1.29 is 0 Å². The first kappa shape index (κ1) is 39.4. The van der Waals surface area contributed by atoms with Crippen molar-refractivity contribution in [3.8, 4) is 33.4 Å². The lowest BCUT2D eigenvalue weighted by molar-refractivity contribution is 0.660. The zero-order valence-electron chi connectivity index (χ0n) is 37.1. The largest absolute Gasteiger partial charge is 0.310 e. The van der Waals surface area contributed by atoms with Gasteiger partial charge >= 0.3 is 0 Å². The molecule has 2 nitrogen and oxygen atoms in total. The molecule has 2 aliphatic carbocycles. The van der Waals surface area contributed by atoms with E-state index in [4.69, 9.17) is 0 Å². The van der Waals surface area contributed by atoms with Gasteiger partial charge < -0.3 is 9.80 Å². The molecule has 0 N–H and O–H groups in total. The highest BCUT2D eigenvalue weighted by atomic mass is 15.2. The van der Waals surface area contributed by atoms with Gasteiger partial charge in [-0.2, -0.15) is 0 Å². The fraction of sp³-hybridized carbons (Fsp3) is 0.0625. The minimum atomic E-state index is -0.475.